The average Bonchev–Trinajstić information content (AvgIpc) is 3.11. The van der Waals surface area contributed by atoms with Crippen LogP contribution in [0.4, 0.5) is 13.2 Å². The number of fused-ring (bicyclic) bond motifs is 2. The van der Waals surface area contributed by atoms with Gasteiger partial charge in [-0.3, -0.25) is 9.20 Å². The summed E-state index contributed by atoms with van der Waals surface area (Å²) in [6, 6.07) is 6.23. The number of rotatable bonds is 3. The topological polar surface area (TPSA) is 81.6 Å². The Labute approximate surface area is 182 Å². The highest BCUT2D eigenvalue weighted by molar-refractivity contribution is 9.10. The second kappa shape index (κ2) is 7.45. The molecule has 12 heteroatoms. The molecule has 162 valence electrons. The van der Waals surface area contributed by atoms with Gasteiger partial charge in [-0.25, -0.2) is 13.6 Å². The monoisotopic (exact) mass is 513 g/mol. The summed E-state index contributed by atoms with van der Waals surface area (Å²) in [6.07, 6.45) is -1.69. The summed E-state index contributed by atoms with van der Waals surface area (Å²) in [6.45, 7) is 1.68. The van der Waals surface area contributed by atoms with E-state index >= 15 is 0 Å². The van der Waals surface area contributed by atoms with Crippen LogP contribution in [0, 0.1) is 0 Å². The number of hydrogen-bond donors (Lipinski definition) is 0. The van der Waals surface area contributed by atoms with E-state index in [9.17, 15) is 22.2 Å². The Morgan fingerprint density at radius 1 is 1.23 bits per heavy atom. The average molecular weight is 514 g/mol. The first-order valence-electron chi connectivity index (χ1n) is 8.99. The number of benzene rings is 1. The molecule has 0 radical (unpaired) electrons. The first-order chi connectivity index (χ1) is 14.6. The predicted octanol–water partition coefficient (Wildman–Crippen LogP) is 4.29. The Morgan fingerprint density at radius 2 is 1.97 bits per heavy atom. The second-order valence-electron chi connectivity index (χ2n) is 6.59. The molecule has 0 aliphatic heterocycles. The highest BCUT2D eigenvalue weighted by atomic mass is 79.9. The van der Waals surface area contributed by atoms with Gasteiger partial charge in [0.15, 0.2) is 10.8 Å². The van der Waals surface area contributed by atoms with Crippen LogP contribution in [0.2, 0.25) is 0 Å². The molecule has 4 rings (SSSR count). The minimum absolute atomic E-state index is 0.0418. The minimum Gasteiger partial charge on any atom is -0.289 e. The Morgan fingerprint density at radius 3 is 2.61 bits per heavy atom. The van der Waals surface area contributed by atoms with Crippen LogP contribution in [0.1, 0.15) is 12.5 Å². The first kappa shape index (κ1) is 21.5. The van der Waals surface area contributed by atoms with E-state index in [1.807, 2.05) is 0 Å². The Kier molecular flexibility index (Phi) is 5.16. The Bertz CT molecular complexity index is 1520. The van der Waals surface area contributed by atoms with Crippen molar-refractivity contribution in [1.29, 1.82) is 0 Å². The van der Waals surface area contributed by atoms with Gasteiger partial charge < -0.3 is 0 Å². The number of pyridine rings is 1. The lowest BCUT2D eigenvalue weighted by atomic mass is 10.1. The molecule has 1 unspecified atom stereocenters. The van der Waals surface area contributed by atoms with Gasteiger partial charge >= 0.3 is 6.18 Å². The third-order valence-electron chi connectivity index (χ3n) is 4.83. The van der Waals surface area contributed by atoms with E-state index in [1.165, 1.54) is 19.3 Å². The fourth-order valence-electron chi connectivity index (χ4n) is 3.24. The Balaban J connectivity index is 2.11. The molecule has 0 fully saturated rings. The van der Waals surface area contributed by atoms with Crippen LogP contribution >= 0.6 is 15.9 Å². The molecule has 0 N–H and O–H groups in total. The van der Waals surface area contributed by atoms with Crippen molar-refractivity contribution in [1.82, 2.24) is 19.2 Å². The highest BCUT2D eigenvalue weighted by Gasteiger charge is 2.31. The molecule has 3 aromatic heterocycles. The van der Waals surface area contributed by atoms with Gasteiger partial charge in [0.2, 0.25) is 0 Å². The molecular formula is C19H15BrF3N5O2S. The molecule has 3 heterocycles. The molecule has 1 aromatic carbocycles. The van der Waals surface area contributed by atoms with Crippen molar-refractivity contribution < 1.29 is 17.4 Å². The molecule has 0 spiro atoms. The summed E-state index contributed by atoms with van der Waals surface area (Å²) >= 11 is 3.35. The van der Waals surface area contributed by atoms with Gasteiger partial charge in [-0.05, 0) is 40.2 Å². The van der Waals surface area contributed by atoms with Crippen LogP contribution in [-0.2, 0) is 15.9 Å². The zero-order chi connectivity index (χ0) is 22.6. The smallest absolute Gasteiger partial charge is 0.289 e. The minimum atomic E-state index is -4.60. The van der Waals surface area contributed by atoms with Crippen LogP contribution in [0.25, 0.3) is 22.2 Å². The van der Waals surface area contributed by atoms with Gasteiger partial charge in [0.25, 0.3) is 5.56 Å². The van der Waals surface area contributed by atoms with Crippen molar-refractivity contribution in [2.45, 2.75) is 18.1 Å². The van der Waals surface area contributed by atoms with Crippen LogP contribution in [-0.4, -0.2) is 36.2 Å². The maximum absolute atomic E-state index is 13.5. The van der Waals surface area contributed by atoms with Crippen molar-refractivity contribution >= 4 is 42.1 Å². The lowest BCUT2D eigenvalue weighted by Gasteiger charge is -2.11. The highest BCUT2D eigenvalue weighted by Crippen LogP contribution is 2.31. The van der Waals surface area contributed by atoms with E-state index in [2.05, 4.69) is 30.4 Å². The van der Waals surface area contributed by atoms with Crippen LogP contribution in [0.3, 0.4) is 0 Å². The lowest BCUT2D eigenvalue weighted by molar-refractivity contribution is -0.137. The van der Waals surface area contributed by atoms with Gasteiger partial charge in [-0.1, -0.05) is 13.0 Å². The normalized spacial score (nSPS) is 14.1. The molecule has 0 amide bonds. The number of nitrogens with zero attached hydrogens (tertiary/aromatic N) is 5. The zero-order valence-electron chi connectivity index (χ0n) is 16.2. The molecule has 0 bridgehead atoms. The van der Waals surface area contributed by atoms with Gasteiger partial charge in [0.1, 0.15) is 5.65 Å². The second-order valence-corrected chi connectivity index (χ2v) is 10.1. The molecule has 7 nitrogen and oxygen atoms in total. The number of hydrogen-bond acceptors (Lipinski definition) is 5. The molecule has 0 aliphatic carbocycles. The summed E-state index contributed by atoms with van der Waals surface area (Å²) in [7, 11) is -1.60. The maximum Gasteiger partial charge on any atom is 0.416 e. The number of aromatic nitrogens is 4. The molecule has 0 saturated carbocycles. The first-order valence-corrected chi connectivity index (χ1v) is 11.5. The molecule has 0 aliphatic rings. The largest absolute Gasteiger partial charge is 0.416 e. The van der Waals surface area contributed by atoms with Gasteiger partial charge in [0, 0.05) is 28.9 Å². The van der Waals surface area contributed by atoms with Gasteiger partial charge in [0.05, 0.1) is 26.9 Å². The molecule has 1 atom stereocenters. The Hall–Kier alpha value is -2.73. The van der Waals surface area contributed by atoms with Crippen molar-refractivity contribution in [3.05, 3.63) is 63.1 Å². The van der Waals surface area contributed by atoms with E-state index in [0.29, 0.717) is 10.1 Å². The van der Waals surface area contributed by atoms with Crippen molar-refractivity contribution in [2.24, 2.45) is 4.36 Å². The summed E-state index contributed by atoms with van der Waals surface area (Å²) in [4.78, 5) is 17.6. The predicted molar refractivity (Wildman–Crippen MR) is 114 cm³/mol. The third kappa shape index (κ3) is 3.53. The van der Waals surface area contributed by atoms with E-state index in [4.69, 9.17) is 0 Å². The number of halogens is 4. The van der Waals surface area contributed by atoms with Crippen molar-refractivity contribution in [2.75, 3.05) is 12.8 Å². The van der Waals surface area contributed by atoms with Gasteiger partial charge in [-0.2, -0.15) is 23.0 Å². The van der Waals surface area contributed by atoms with Crippen LogP contribution in [0.15, 0.2) is 61.4 Å². The lowest BCUT2D eigenvalue weighted by Crippen LogP contribution is -2.24. The summed E-state index contributed by atoms with van der Waals surface area (Å²) in [5.74, 6) is 0.0945. The van der Waals surface area contributed by atoms with E-state index < -0.39 is 27.0 Å². The fraction of sp³-hybridized carbons (Fsp3) is 0.211. The third-order valence-corrected chi connectivity index (χ3v) is 7.65. The molecule has 31 heavy (non-hydrogen) atoms. The van der Waals surface area contributed by atoms with Crippen LogP contribution in [0.5, 0.6) is 0 Å². The molecular weight excluding hydrogens is 499 g/mol. The molecule has 0 saturated heterocycles. The van der Waals surface area contributed by atoms with Crippen molar-refractivity contribution in [3.63, 3.8) is 0 Å². The zero-order valence-corrected chi connectivity index (χ0v) is 18.6. The summed E-state index contributed by atoms with van der Waals surface area (Å²) in [5.41, 5.74) is -1.37. The quantitative estimate of drug-likeness (QED) is 0.409. The number of imidazole rings is 1. The standard InChI is InChI=1S/C19H15BrF3N5O2S/c1-3-31(30,24-2)18-16(26-15-7-6-13(20)10-27(15)18)28-17(29)14-8-12(19(21,22)23)5-4-11(14)9-25-28/h4-10H,3H2,1-2H3. The van der Waals surface area contributed by atoms with E-state index in [-0.39, 0.29) is 27.4 Å². The van der Waals surface area contributed by atoms with Crippen LogP contribution < -0.4 is 5.56 Å². The van der Waals surface area contributed by atoms with E-state index in [0.717, 1.165) is 16.8 Å². The number of alkyl halides is 3. The van der Waals surface area contributed by atoms with E-state index in [1.54, 1.807) is 29.7 Å². The SMILES string of the molecule is CCS(=O)(=NC)c1c(-n2ncc3ccc(C(F)(F)F)cc3c2=O)nc2ccc(Br)cn12. The summed E-state index contributed by atoms with van der Waals surface area (Å²) in [5, 5.41) is 4.32. The van der Waals surface area contributed by atoms with Crippen molar-refractivity contribution in [3.8, 4) is 5.82 Å². The fourth-order valence-corrected chi connectivity index (χ4v) is 5.15. The summed E-state index contributed by atoms with van der Waals surface area (Å²) < 4.78 is 60.2. The van der Waals surface area contributed by atoms with Gasteiger partial charge in [-0.15, -0.1) is 0 Å². The maximum atomic E-state index is 13.5. The molecule has 4 aromatic rings.